The van der Waals surface area contributed by atoms with E-state index < -0.39 is 17.9 Å². The zero-order chi connectivity index (χ0) is 26.3. The summed E-state index contributed by atoms with van der Waals surface area (Å²) in [5, 5.41) is 12.4. The molecule has 1 amide bonds. The molecule has 7 heteroatoms. The van der Waals surface area contributed by atoms with Crippen LogP contribution in [0, 0.1) is 5.92 Å². The molecule has 198 valence electrons. The van der Waals surface area contributed by atoms with Crippen LogP contribution in [-0.4, -0.2) is 45.7 Å². The summed E-state index contributed by atoms with van der Waals surface area (Å²) in [4.78, 5) is 34.1. The minimum Gasteiger partial charge on any atom is -0.480 e. The number of aromatic nitrogens is 2. The lowest BCUT2D eigenvalue weighted by Gasteiger charge is -2.35. The third-order valence-corrected chi connectivity index (χ3v) is 7.71. The van der Waals surface area contributed by atoms with Crippen molar-refractivity contribution in [1.82, 2.24) is 15.3 Å². The summed E-state index contributed by atoms with van der Waals surface area (Å²) < 4.78 is 5.96. The second-order valence-electron chi connectivity index (χ2n) is 10.4. The van der Waals surface area contributed by atoms with Gasteiger partial charge in [0.1, 0.15) is 6.04 Å². The Morgan fingerprint density at radius 3 is 2.66 bits per heavy atom. The number of benzene rings is 1. The molecule has 1 saturated carbocycles. The second-order valence-corrected chi connectivity index (χ2v) is 10.4. The molecule has 1 aromatic carbocycles. The lowest BCUT2D eigenvalue weighted by Crippen LogP contribution is -2.42. The third-order valence-electron chi connectivity index (χ3n) is 7.71. The van der Waals surface area contributed by atoms with Crippen molar-refractivity contribution < 1.29 is 19.4 Å². The Hall–Kier alpha value is -3.58. The third kappa shape index (κ3) is 6.45. The molecule has 2 aliphatic carbocycles. The minimum absolute atomic E-state index is 0.159. The second kappa shape index (κ2) is 12.3. The van der Waals surface area contributed by atoms with E-state index in [1.165, 1.54) is 29.8 Å². The average Bonchev–Trinajstić information content (AvgIpc) is 2.93. The predicted octanol–water partition coefficient (Wildman–Crippen LogP) is 5.02. The molecule has 2 N–H and O–H groups in total. The van der Waals surface area contributed by atoms with Crippen LogP contribution >= 0.6 is 0 Å². The number of nitrogens with one attached hydrogen (secondary N) is 1. The summed E-state index contributed by atoms with van der Waals surface area (Å²) in [6.45, 7) is 0.295. The van der Waals surface area contributed by atoms with E-state index >= 15 is 0 Å². The van der Waals surface area contributed by atoms with Gasteiger partial charge in [-0.3, -0.25) is 14.8 Å². The normalized spacial score (nSPS) is 19.2. The lowest BCUT2D eigenvalue weighted by molar-refractivity contribution is -0.140. The highest BCUT2D eigenvalue weighted by molar-refractivity contribution is 6.02. The number of pyridine rings is 2. The molecule has 1 fully saturated rings. The Balaban J connectivity index is 1.06. The van der Waals surface area contributed by atoms with Crippen LogP contribution < -0.4 is 5.32 Å². The maximum absolute atomic E-state index is 13.0. The number of carboxylic acid groups (broad SMARTS) is 1. The first-order valence-corrected chi connectivity index (χ1v) is 13.7. The molecule has 2 aromatic heterocycles. The van der Waals surface area contributed by atoms with Gasteiger partial charge in [0.15, 0.2) is 0 Å². The molecule has 0 radical (unpaired) electrons. The van der Waals surface area contributed by atoms with Gasteiger partial charge in [-0.25, -0.2) is 4.79 Å². The van der Waals surface area contributed by atoms with Crippen molar-refractivity contribution >= 4 is 11.9 Å². The number of fused-ring (bicyclic) bond motifs is 1. The van der Waals surface area contributed by atoms with Gasteiger partial charge in [-0.05, 0) is 87.1 Å². The maximum Gasteiger partial charge on any atom is 0.326 e. The van der Waals surface area contributed by atoms with Crippen molar-refractivity contribution in [3.05, 3.63) is 83.3 Å². The molecular weight excluding hydrogens is 478 g/mol. The molecule has 2 heterocycles. The molecular formula is C31H35N3O4. The first-order chi connectivity index (χ1) is 18.6. The average molecular weight is 514 g/mol. The van der Waals surface area contributed by atoms with Crippen LogP contribution in [0.5, 0.6) is 0 Å². The van der Waals surface area contributed by atoms with Crippen molar-refractivity contribution in [2.75, 3.05) is 6.61 Å². The highest BCUT2D eigenvalue weighted by atomic mass is 16.5. The van der Waals surface area contributed by atoms with Crippen molar-refractivity contribution in [2.45, 2.75) is 69.9 Å². The van der Waals surface area contributed by atoms with Gasteiger partial charge in [-0.2, -0.15) is 0 Å². The Kier molecular flexibility index (Phi) is 8.44. The summed E-state index contributed by atoms with van der Waals surface area (Å²) in [5.74, 6) is -0.879. The number of nitrogens with zero attached hydrogens (tertiary/aromatic N) is 2. The van der Waals surface area contributed by atoms with Crippen molar-refractivity contribution in [2.24, 2.45) is 5.92 Å². The van der Waals surface area contributed by atoms with Gasteiger partial charge in [-0.1, -0.05) is 30.3 Å². The number of aryl methyl sites for hydroxylation is 3. The quantitative estimate of drug-likeness (QED) is 0.373. The summed E-state index contributed by atoms with van der Waals surface area (Å²) in [5.41, 5.74) is 5.63. The highest BCUT2D eigenvalue weighted by Gasteiger charge is 2.30. The largest absolute Gasteiger partial charge is 0.480 e. The zero-order valence-electron chi connectivity index (χ0n) is 21.6. The number of rotatable bonds is 11. The van der Waals surface area contributed by atoms with Crippen LogP contribution in [0.1, 0.15) is 65.8 Å². The number of amides is 1. The molecule has 0 saturated heterocycles. The van der Waals surface area contributed by atoms with Gasteiger partial charge in [0.2, 0.25) is 0 Å². The van der Waals surface area contributed by atoms with Gasteiger partial charge >= 0.3 is 5.97 Å². The molecule has 0 spiro atoms. The van der Waals surface area contributed by atoms with E-state index in [1.54, 1.807) is 18.3 Å². The molecule has 38 heavy (non-hydrogen) atoms. The van der Waals surface area contributed by atoms with Crippen molar-refractivity contribution in [3.63, 3.8) is 0 Å². The van der Waals surface area contributed by atoms with Crippen molar-refractivity contribution in [1.29, 1.82) is 0 Å². The van der Waals surface area contributed by atoms with E-state index in [0.29, 0.717) is 29.3 Å². The summed E-state index contributed by atoms with van der Waals surface area (Å²) >= 11 is 0. The molecule has 5 rings (SSSR count). The van der Waals surface area contributed by atoms with E-state index in [0.717, 1.165) is 38.5 Å². The van der Waals surface area contributed by atoms with Gasteiger partial charge in [0.25, 0.3) is 5.91 Å². The highest BCUT2D eigenvalue weighted by Crippen LogP contribution is 2.34. The fourth-order valence-corrected chi connectivity index (χ4v) is 5.44. The van der Waals surface area contributed by atoms with Crippen LogP contribution in [0.3, 0.4) is 0 Å². The molecule has 1 atom stereocenters. The zero-order valence-corrected chi connectivity index (χ0v) is 21.6. The lowest BCUT2D eigenvalue weighted by atomic mass is 9.79. The number of carboxylic acids is 1. The molecule has 3 aromatic rings. The number of hydrogen-bond acceptors (Lipinski definition) is 5. The van der Waals surface area contributed by atoms with Gasteiger partial charge in [0.05, 0.1) is 11.8 Å². The number of aliphatic carboxylic acids is 1. The monoisotopic (exact) mass is 513 g/mol. The summed E-state index contributed by atoms with van der Waals surface area (Å²) in [7, 11) is 0. The Morgan fingerprint density at radius 2 is 1.84 bits per heavy atom. The first-order valence-electron chi connectivity index (χ1n) is 13.7. The van der Waals surface area contributed by atoms with Gasteiger partial charge < -0.3 is 15.2 Å². The Bertz CT molecular complexity index is 1260. The van der Waals surface area contributed by atoms with Crippen LogP contribution in [-0.2, 0) is 28.8 Å². The number of hydrogen-bond donors (Lipinski definition) is 2. The van der Waals surface area contributed by atoms with E-state index in [9.17, 15) is 14.7 Å². The van der Waals surface area contributed by atoms with Crippen molar-refractivity contribution in [3.8, 4) is 11.3 Å². The first kappa shape index (κ1) is 26.0. The Labute approximate surface area is 223 Å². The van der Waals surface area contributed by atoms with Gasteiger partial charge in [-0.15, -0.1) is 0 Å². The number of carbonyl (C=O) groups is 2. The van der Waals surface area contributed by atoms with Gasteiger partial charge in [0, 0.05) is 41.7 Å². The molecule has 7 nitrogen and oxygen atoms in total. The van der Waals surface area contributed by atoms with Crippen LogP contribution in [0.2, 0.25) is 0 Å². The summed E-state index contributed by atoms with van der Waals surface area (Å²) in [6, 6.07) is 16.0. The van der Waals surface area contributed by atoms with Crippen LogP contribution in [0.15, 0.2) is 60.8 Å². The SMILES string of the molecule is O=C(NC(CCOC1CC(CCc2ccc3c(n2)CCCC3)C1)C(=O)O)c1ccccc1-c1ccccn1. The molecule has 0 aliphatic heterocycles. The fraction of sp³-hybridized carbons (Fsp3) is 0.419. The van der Waals surface area contributed by atoms with E-state index in [1.807, 2.05) is 30.3 Å². The van der Waals surface area contributed by atoms with E-state index in [-0.39, 0.29) is 12.5 Å². The van der Waals surface area contributed by atoms with Crippen LogP contribution in [0.4, 0.5) is 0 Å². The molecule has 2 aliphatic rings. The topological polar surface area (TPSA) is 101 Å². The predicted molar refractivity (Wildman–Crippen MR) is 145 cm³/mol. The maximum atomic E-state index is 13.0. The van der Waals surface area contributed by atoms with E-state index in [4.69, 9.17) is 9.72 Å². The smallest absolute Gasteiger partial charge is 0.326 e. The molecule has 0 bridgehead atoms. The summed E-state index contributed by atoms with van der Waals surface area (Å²) in [6.07, 6.45) is 10.9. The molecule has 1 unspecified atom stereocenters. The number of ether oxygens (including phenoxy) is 1. The minimum atomic E-state index is -1.07. The number of carbonyl (C=O) groups excluding carboxylic acids is 1. The fourth-order valence-electron chi connectivity index (χ4n) is 5.44. The van der Waals surface area contributed by atoms with Crippen LogP contribution in [0.25, 0.3) is 11.3 Å². The Morgan fingerprint density at radius 1 is 1.03 bits per heavy atom. The van der Waals surface area contributed by atoms with E-state index in [2.05, 4.69) is 22.4 Å². The standard InChI is InChI=1S/C31H35N3O4/c35-30(26-9-3-2-8-25(26)28-11-5-6-17-32-28)34-29(31(36)37)16-18-38-24-19-21(20-24)12-14-23-15-13-22-7-1-4-10-27(22)33-23/h2-3,5-6,8-9,11,13,15,17,21,24,29H,1,4,7,10,12,14,16,18-20H2,(H,34,35)(H,36,37).